The topological polar surface area (TPSA) is 85.3 Å². The van der Waals surface area contributed by atoms with Crippen LogP contribution in [-0.2, 0) is 4.79 Å². The van der Waals surface area contributed by atoms with E-state index in [0.29, 0.717) is 6.07 Å². The van der Waals surface area contributed by atoms with Gasteiger partial charge in [-0.2, -0.15) is 0 Å². The first-order chi connectivity index (χ1) is 9.47. The molecule has 2 amide bonds. The molecule has 1 aliphatic rings. The quantitative estimate of drug-likeness (QED) is 0.903. The minimum Gasteiger partial charge on any atom is -0.446 e. The third-order valence-corrected chi connectivity index (χ3v) is 3.13. The summed E-state index contributed by atoms with van der Waals surface area (Å²) >= 11 is 0. The molecule has 3 N–H and O–H groups in total. The first-order valence-corrected chi connectivity index (χ1v) is 5.99. The van der Waals surface area contributed by atoms with Crippen LogP contribution in [0.4, 0.5) is 14.5 Å². The molecular formula is C13H10F2N2O3. The molecule has 104 valence electrons. The van der Waals surface area contributed by atoms with E-state index in [9.17, 15) is 18.4 Å². The van der Waals surface area contributed by atoms with Crippen LogP contribution in [0.3, 0.4) is 0 Å². The number of furan rings is 1. The van der Waals surface area contributed by atoms with Crippen LogP contribution in [-0.4, -0.2) is 11.8 Å². The standard InChI is InChI=1S/C13H10F2N2O3/c14-6-3-7-9(17-13(19)5-1-2-5)11(12(16)18)20-10(7)8(15)4-6/h3-5H,1-2H2,(H2,16,18)(H,17,19). The largest absolute Gasteiger partial charge is 0.446 e. The van der Waals surface area contributed by atoms with Crippen LogP contribution in [0.15, 0.2) is 16.5 Å². The molecular weight excluding hydrogens is 270 g/mol. The Morgan fingerprint density at radius 2 is 2.00 bits per heavy atom. The fraction of sp³-hybridized carbons (Fsp3) is 0.231. The van der Waals surface area contributed by atoms with Gasteiger partial charge in [0, 0.05) is 12.0 Å². The molecule has 1 aliphatic carbocycles. The summed E-state index contributed by atoms with van der Waals surface area (Å²) in [7, 11) is 0. The number of anilines is 1. The van der Waals surface area contributed by atoms with Gasteiger partial charge in [-0.15, -0.1) is 0 Å². The van der Waals surface area contributed by atoms with Gasteiger partial charge in [-0.25, -0.2) is 8.78 Å². The number of carbonyl (C=O) groups is 2. The fourth-order valence-corrected chi connectivity index (χ4v) is 1.99. The van der Waals surface area contributed by atoms with Crippen LogP contribution in [0.5, 0.6) is 0 Å². The van der Waals surface area contributed by atoms with Crippen LogP contribution < -0.4 is 11.1 Å². The van der Waals surface area contributed by atoms with Gasteiger partial charge in [0.2, 0.25) is 11.7 Å². The fourth-order valence-electron chi connectivity index (χ4n) is 1.99. The Labute approximate surface area is 111 Å². The zero-order valence-electron chi connectivity index (χ0n) is 10.2. The molecule has 0 aliphatic heterocycles. The lowest BCUT2D eigenvalue weighted by molar-refractivity contribution is -0.117. The number of halogens is 2. The van der Waals surface area contributed by atoms with Gasteiger partial charge >= 0.3 is 0 Å². The number of primary amides is 1. The molecule has 1 aromatic heterocycles. The van der Waals surface area contributed by atoms with Crippen molar-refractivity contribution in [2.75, 3.05) is 5.32 Å². The molecule has 20 heavy (non-hydrogen) atoms. The predicted molar refractivity (Wildman–Crippen MR) is 66.0 cm³/mol. The Morgan fingerprint density at radius 3 is 2.60 bits per heavy atom. The van der Waals surface area contributed by atoms with E-state index >= 15 is 0 Å². The number of fused-ring (bicyclic) bond motifs is 1. The minimum absolute atomic E-state index is 0.0229. The molecule has 1 aromatic carbocycles. The van der Waals surface area contributed by atoms with Gasteiger partial charge in [0.05, 0.1) is 5.39 Å². The summed E-state index contributed by atoms with van der Waals surface area (Å²) in [6.45, 7) is 0. The van der Waals surface area contributed by atoms with Crippen LogP contribution in [0, 0.1) is 17.6 Å². The third kappa shape index (κ3) is 2.01. The lowest BCUT2D eigenvalue weighted by Gasteiger charge is -2.03. The van der Waals surface area contributed by atoms with Crippen molar-refractivity contribution in [3.63, 3.8) is 0 Å². The van der Waals surface area contributed by atoms with Crippen molar-refractivity contribution in [1.82, 2.24) is 0 Å². The van der Waals surface area contributed by atoms with Gasteiger partial charge < -0.3 is 15.5 Å². The summed E-state index contributed by atoms with van der Waals surface area (Å²) in [5, 5.41) is 2.44. The van der Waals surface area contributed by atoms with E-state index in [2.05, 4.69) is 5.32 Å². The molecule has 0 bridgehead atoms. The van der Waals surface area contributed by atoms with Gasteiger partial charge in [0.1, 0.15) is 11.5 Å². The summed E-state index contributed by atoms with van der Waals surface area (Å²) in [5.41, 5.74) is 4.74. The average Bonchev–Trinajstić information content (AvgIpc) is 3.14. The highest BCUT2D eigenvalue weighted by Crippen LogP contribution is 2.36. The van der Waals surface area contributed by atoms with Crippen molar-refractivity contribution in [2.24, 2.45) is 11.7 Å². The maximum atomic E-state index is 13.6. The van der Waals surface area contributed by atoms with E-state index in [1.165, 1.54) is 0 Å². The molecule has 1 heterocycles. The van der Waals surface area contributed by atoms with Crippen molar-refractivity contribution in [1.29, 1.82) is 0 Å². The van der Waals surface area contributed by atoms with Crippen molar-refractivity contribution >= 4 is 28.5 Å². The number of hydrogen-bond acceptors (Lipinski definition) is 3. The average molecular weight is 280 g/mol. The molecule has 1 fully saturated rings. The summed E-state index contributed by atoms with van der Waals surface area (Å²) in [6, 6.07) is 1.61. The summed E-state index contributed by atoms with van der Waals surface area (Å²) in [4.78, 5) is 23.1. The van der Waals surface area contributed by atoms with Crippen LogP contribution in [0.2, 0.25) is 0 Å². The van der Waals surface area contributed by atoms with Crippen LogP contribution >= 0.6 is 0 Å². The lowest BCUT2D eigenvalue weighted by Crippen LogP contribution is -2.17. The number of nitrogens with one attached hydrogen (secondary N) is 1. The molecule has 2 aromatic rings. The second-order valence-corrected chi connectivity index (χ2v) is 4.70. The first kappa shape index (κ1) is 12.6. The summed E-state index contributed by atoms with van der Waals surface area (Å²) in [5.74, 6) is -3.62. The van der Waals surface area contributed by atoms with E-state index in [1.54, 1.807) is 0 Å². The molecule has 0 radical (unpaired) electrons. The predicted octanol–water partition coefficient (Wildman–Crippen LogP) is 2.16. The van der Waals surface area contributed by atoms with Gasteiger partial charge in [-0.05, 0) is 18.9 Å². The Balaban J connectivity index is 2.17. The zero-order chi connectivity index (χ0) is 14.4. The van der Waals surface area contributed by atoms with Crippen molar-refractivity contribution in [3.8, 4) is 0 Å². The number of nitrogens with two attached hydrogens (primary N) is 1. The molecule has 5 nitrogen and oxygen atoms in total. The Morgan fingerprint density at radius 1 is 1.30 bits per heavy atom. The Hall–Kier alpha value is -2.44. The molecule has 0 atom stereocenters. The number of hydrogen-bond donors (Lipinski definition) is 2. The lowest BCUT2D eigenvalue weighted by atomic mass is 10.2. The van der Waals surface area contributed by atoms with Crippen LogP contribution in [0.25, 0.3) is 11.0 Å². The highest BCUT2D eigenvalue weighted by atomic mass is 19.1. The van der Waals surface area contributed by atoms with Gasteiger partial charge in [-0.1, -0.05) is 0 Å². The van der Waals surface area contributed by atoms with E-state index < -0.39 is 23.3 Å². The number of rotatable bonds is 3. The first-order valence-electron chi connectivity index (χ1n) is 5.99. The monoisotopic (exact) mass is 280 g/mol. The van der Waals surface area contributed by atoms with Gasteiger partial charge in [0.15, 0.2) is 11.4 Å². The molecule has 0 spiro atoms. The number of carbonyl (C=O) groups excluding carboxylic acids is 2. The van der Waals surface area contributed by atoms with E-state index in [0.717, 1.165) is 18.9 Å². The maximum absolute atomic E-state index is 13.6. The van der Waals surface area contributed by atoms with Gasteiger partial charge in [0.25, 0.3) is 5.91 Å². The third-order valence-electron chi connectivity index (χ3n) is 3.13. The van der Waals surface area contributed by atoms with Crippen molar-refractivity contribution in [2.45, 2.75) is 12.8 Å². The second kappa shape index (κ2) is 4.29. The smallest absolute Gasteiger partial charge is 0.286 e. The molecule has 1 saturated carbocycles. The SMILES string of the molecule is NC(=O)c1oc2c(F)cc(F)cc2c1NC(=O)C1CC1. The van der Waals surface area contributed by atoms with Gasteiger partial charge in [-0.3, -0.25) is 9.59 Å². The van der Waals surface area contributed by atoms with Crippen molar-refractivity contribution in [3.05, 3.63) is 29.5 Å². The second-order valence-electron chi connectivity index (χ2n) is 4.70. The van der Waals surface area contributed by atoms with E-state index in [4.69, 9.17) is 10.2 Å². The summed E-state index contributed by atoms with van der Waals surface area (Å²) < 4.78 is 31.9. The normalized spacial score (nSPS) is 14.5. The maximum Gasteiger partial charge on any atom is 0.286 e. The highest BCUT2D eigenvalue weighted by Gasteiger charge is 2.32. The molecule has 3 rings (SSSR count). The van der Waals surface area contributed by atoms with E-state index in [1.807, 2.05) is 0 Å². The van der Waals surface area contributed by atoms with Crippen LogP contribution in [0.1, 0.15) is 23.4 Å². The molecule has 0 unspecified atom stereocenters. The minimum atomic E-state index is -0.966. The summed E-state index contributed by atoms with van der Waals surface area (Å²) in [6.07, 6.45) is 1.49. The van der Waals surface area contributed by atoms with E-state index in [-0.39, 0.29) is 28.5 Å². The Bertz CT molecular complexity index is 735. The Kier molecular flexibility index (Phi) is 2.70. The number of benzene rings is 1. The zero-order valence-corrected chi connectivity index (χ0v) is 10.2. The molecule has 7 heteroatoms. The van der Waals surface area contributed by atoms with Crippen molar-refractivity contribution < 1.29 is 22.8 Å². The molecule has 0 saturated heterocycles. The number of amides is 2. The highest BCUT2D eigenvalue weighted by molar-refractivity contribution is 6.11.